The van der Waals surface area contributed by atoms with Gasteiger partial charge in [-0.15, -0.1) is 0 Å². The van der Waals surface area contributed by atoms with Gasteiger partial charge in [0.2, 0.25) is 0 Å². The highest BCUT2D eigenvalue weighted by Crippen LogP contribution is 2.34. The van der Waals surface area contributed by atoms with Crippen LogP contribution in [0, 0.1) is 0 Å². The van der Waals surface area contributed by atoms with Crippen molar-refractivity contribution in [3.8, 4) is 11.4 Å². The standard InChI is InChI=1S/C16H20N4O.C2H4O2/c1-2-4-11(5-3-1)15-18-16(20-19-15)12-6-7-14-13(10-12)17-8-9-21-14;1-2(3)4/h1-5,12-14,17H,6-10H2,(H,18,19,20);1H3,(H,3,4)/t12-,13+,14+;/m0./s1. The molecule has 2 aliphatic rings. The van der Waals surface area contributed by atoms with Gasteiger partial charge in [-0.25, -0.2) is 4.98 Å². The number of ether oxygens (including phenoxy) is 1. The number of fused-ring (bicyclic) bond motifs is 1. The van der Waals surface area contributed by atoms with E-state index in [0.717, 1.165) is 56.6 Å². The van der Waals surface area contributed by atoms with Crippen LogP contribution in [-0.2, 0) is 9.53 Å². The predicted molar refractivity (Wildman–Crippen MR) is 93.3 cm³/mol. The molecule has 7 nitrogen and oxygen atoms in total. The van der Waals surface area contributed by atoms with E-state index in [0.29, 0.717) is 18.1 Å². The van der Waals surface area contributed by atoms with Gasteiger partial charge < -0.3 is 15.2 Å². The van der Waals surface area contributed by atoms with E-state index in [1.54, 1.807) is 0 Å². The third-order valence-electron chi connectivity index (χ3n) is 4.55. The lowest BCUT2D eigenvalue weighted by Crippen LogP contribution is -2.51. The molecule has 7 heteroatoms. The molecule has 2 heterocycles. The summed E-state index contributed by atoms with van der Waals surface area (Å²) in [5.41, 5.74) is 1.06. The Bertz CT molecular complexity index is 685. The number of rotatable bonds is 2. The Morgan fingerprint density at radius 1 is 1.28 bits per heavy atom. The second-order valence-electron chi connectivity index (χ2n) is 6.41. The smallest absolute Gasteiger partial charge is 0.300 e. The molecule has 3 N–H and O–H groups in total. The maximum absolute atomic E-state index is 9.00. The van der Waals surface area contributed by atoms with E-state index < -0.39 is 5.97 Å². The molecule has 1 aliphatic heterocycles. The van der Waals surface area contributed by atoms with Crippen LogP contribution < -0.4 is 5.32 Å². The predicted octanol–water partition coefficient (Wildman–Crippen LogP) is 2.19. The molecule has 4 rings (SSSR count). The summed E-state index contributed by atoms with van der Waals surface area (Å²) in [6.45, 7) is 2.88. The Morgan fingerprint density at radius 2 is 2.04 bits per heavy atom. The van der Waals surface area contributed by atoms with Crippen LogP contribution >= 0.6 is 0 Å². The molecule has 1 saturated heterocycles. The minimum Gasteiger partial charge on any atom is -0.481 e. The molecular formula is C18H24N4O3. The topological polar surface area (TPSA) is 100 Å². The lowest BCUT2D eigenvalue weighted by atomic mass is 9.82. The van der Waals surface area contributed by atoms with E-state index in [9.17, 15) is 0 Å². The second-order valence-corrected chi connectivity index (χ2v) is 6.41. The van der Waals surface area contributed by atoms with Gasteiger partial charge in [-0.3, -0.25) is 9.89 Å². The van der Waals surface area contributed by atoms with Crippen molar-refractivity contribution in [2.75, 3.05) is 13.2 Å². The number of hydrogen-bond donors (Lipinski definition) is 3. The number of hydrogen-bond acceptors (Lipinski definition) is 5. The van der Waals surface area contributed by atoms with Crippen LogP contribution in [0.15, 0.2) is 30.3 Å². The molecule has 2 fully saturated rings. The maximum atomic E-state index is 9.00. The number of carboxylic acids is 1. The fourth-order valence-electron chi connectivity index (χ4n) is 3.43. The van der Waals surface area contributed by atoms with E-state index in [1.165, 1.54) is 0 Å². The van der Waals surface area contributed by atoms with Crippen LogP contribution in [0.1, 0.15) is 37.9 Å². The quantitative estimate of drug-likeness (QED) is 0.772. The summed E-state index contributed by atoms with van der Waals surface area (Å²) in [4.78, 5) is 13.7. The van der Waals surface area contributed by atoms with Crippen molar-refractivity contribution in [3.05, 3.63) is 36.2 Å². The molecule has 1 aromatic carbocycles. The number of H-pyrrole nitrogens is 1. The summed E-state index contributed by atoms with van der Waals surface area (Å²) in [5, 5.41) is 18.5. The van der Waals surface area contributed by atoms with E-state index in [1.807, 2.05) is 30.3 Å². The van der Waals surface area contributed by atoms with Gasteiger partial charge in [-0.05, 0) is 19.3 Å². The first-order chi connectivity index (χ1) is 12.1. The molecule has 0 unspecified atom stereocenters. The van der Waals surface area contributed by atoms with E-state index >= 15 is 0 Å². The highest BCUT2D eigenvalue weighted by atomic mass is 16.5. The SMILES string of the molecule is CC(=O)O.c1ccc(-c2n[nH]c([C@H]3CC[C@H]4OCCN[C@@H]4C3)n2)cc1. The summed E-state index contributed by atoms with van der Waals surface area (Å²) in [5.74, 6) is 1.42. The van der Waals surface area contributed by atoms with Gasteiger partial charge in [0.25, 0.3) is 5.97 Å². The normalized spacial score (nSPS) is 25.4. The summed E-state index contributed by atoms with van der Waals surface area (Å²) < 4.78 is 5.83. The zero-order chi connectivity index (χ0) is 17.6. The van der Waals surface area contributed by atoms with Crippen LogP contribution in [0.2, 0.25) is 0 Å². The summed E-state index contributed by atoms with van der Waals surface area (Å²) >= 11 is 0. The minimum atomic E-state index is -0.833. The van der Waals surface area contributed by atoms with E-state index in [4.69, 9.17) is 19.6 Å². The minimum absolute atomic E-state index is 0.381. The molecule has 0 spiro atoms. The molecule has 134 valence electrons. The van der Waals surface area contributed by atoms with Crippen molar-refractivity contribution in [2.45, 2.75) is 44.2 Å². The van der Waals surface area contributed by atoms with Crippen LogP contribution in [0.5, 0.6) is 0 Å². The molecule has 0 bridgehead atoms. The van der Waals surface area contributed by atoms with Gasteiger partial charge in [-0.2, -0.15) is 5.10 Å². The van der Waals surface area contributed by atoms with Crippen LogP contribution in [0.4, 0.5) is 0 Å². The number of nitrogens with zero attached hydrogens (tertiary/aromatic N) is 2. The Labute approximate surface area is 146 Å². The Hall–Kier alpha value is -2.25. The largest absolute Gasteiger partial charge is 0.481 e. The van der Waals surface area contributed by atoms with Crippen molar-refractivity contribution in [3.63, 3.8) is 0 Å². The number of aromatic nitrogens is 3. The molecule has 1 saturated carbocycles. The molecule has 3 atom stereocenters. The van der Waals surface area contributed by atoms with Crippen molar-refractivity contribution in [2.24, 2.45) is 0 Å². The number of carbonyl (C=O) groups is 1. The zero-order valence-electron chi connectivity index (χ0n) is 14.3. The highest BCUT2D eigenvalue weighted by molar-refractivity contribution is 5.63. The fraction of sp³-hybridized carbons (Fsp3) is 0.500. The number of carboxylic acid groups (broad SMARTS) is 1. The van der Waals surface area contributed by atoms with Crippen molar-refractivity contribution < 1.29 is 14.6 Å². The average molecular weight is 344 g/mol. The lowest BCUT2D eigenvalue weighted by molar-refractivity contribution is -0.134. The van der Waals surface area contributed by atoms with Gasteiger partial charge in [0.05, 0.1) is 12.7 Å². The van der Waals surface area contributed by atoms with Gasteiger partial charge in [-0.1, -0.05) is 30.3 Å². The molecule has 25 heavy (non-hydrogen) atoms. The van der Waals surface area contributed by atoms with E-state index in [2.05, 4.69) is 15.5 Å². The van der Waals surface area contributed by atoms with Gasteiger partial charge >= 0.3 is 0 Å². The number of aliphatic carboxylic acids is 1. The van der Waals surface area contributed by atoms with Crippen molar-refractivity contribution in [1.29, 1.82) is 0 Å². The molecular weight excluding hydrogens is 320 g/mol. The third-order valence-corrected chi connectivity index (χ3v) is 4.55. The molecule has 0 amide bonds. The molecule has 1 aliphatic carbocycles. The van der Waals surface area contributed by atoms with Crippen molar-refractivity contribution in [1.82, 2.24) is 20.5 Å². The monoisotopic (exact) mass is 344 g/mol. The summed E-state index contributed by atoms with van der Waals surface area (Å²) in [7, 11) is 0. The number of morpholine rings is 1. The summed E-state index contributed by atoms with van der Waals surface area (Å²) in [6, 6.07) is 10.6. The van der Waals surface area contributed by atoms with Crippen LogP contribution in [-0.4, -0.2) is 51.6 Å². The van der Waals surface area contributed by atoms with Crippen LogP contribution in [0.3, 0.4) is 0 Å². The summed E-state index contributed by atoms with van der Waals surface area (Å²) in [6.07, 6.45) is 3.68. The zero-order valence-corrected chi connectivity index (χ0v) is 14.3. The second kappa shape index (κ2) is 8.22. The number of nitrogens with one attached hydrogen (secondary N) is 2. The number of aromatic amines is 1. The third kappa shape index (κ3) is 4.64. The van der Waals surface area contributed by atoms with Crippen LogP contribution in [0.25, 0.3) is 11.4 Å². The highest BCUT2D eigenvalue weighted by Gasteiger charge is 2.34. The van der Waals surface area contributed by atoms with Gasteiger partial charge in [0, 0.05) is 31.0 Å². The van der Waals surface area contributed by atoms with Gasteiger partial charge in [0.15, 0.2) is 5.82 Å². The first-order valence-electron chi connectivity index (χ1n) is 8.65. The van der Waals surface area contributed by atoms with E-state index in [-0.39, 0.29) is 0 Å². The first-order valence-corrected chi connectivity index (χ1v) is 8.65. The molecule has 2 aromatic rings. The van der Waals surface area contributed by atoms with Crippen molar-refractivity contribution >= 4 is 5.97 Å². The first kappa shape index (κ1) is 17.6. The Kier molecular flexibility index (Phi) is 5.78. The Morgan fingerprint density at radius 3 is 2.80 bits per heavy atom. The fourth-order valence-corrected chi connectivity index (χ4v) is 3.43. The maximum Gasteiger partial charge on any atom is 0.300 e. The number of benzene rings is 1. The molecule has 0 radical (unpaired) electrons. The lowest BCUT2D eigenvalue weighted by Gasteiger charge is -2.39. The average Bonchev–Trinajstić information content (AvgIpc) is 3.12. The molecule has 1 aromatic heterocycles. The Balaban J connectivity index is 0.000000415. The van der Waals surface area contributed by atoms with Gasteiger partial charge in [0.1, 0.15) is 5.82 Å².